The van der Waals surface area contributed by atoms with Crippen LogP contribution in [0.5, 0.6) is 0 Å². The van der Waals surface area contributed by atoms with Crippen molar-refractivity contribution in [1.29, 1.82) is 0 Å². The number of thioether (sulfide) groups is 1. The highest BCUT2D eigenvalue weighted by Crippen LogP contribution is 2.24. The number of hydrogen-bond donors (Lipinski definition) is 2. The minimum absolute atomic E-state index is 0.00250. The second kappa shape index (κ2) is 6.83. The Bertz CT molecular complexity index is 295. The van der Waals surface area contributed by atoms with Gasteiger partial charge in [-0.05, 0) is 18.4 Å². The minimum atomic E-state index is -0.00929. The first-order valence-electron chi connectivity index (χ1n) is 5.42. The SMILES string of the molecule is CC(C)CC(N)C(CO)Sc1ccncn1. The van der Waals surface area contributed by atoms with E-state index in [0.717, 1.165) is 11.4 Å². The van der Waals surface area contributed by atoms with Crippen LogP contribution < -0.4 is 5.73 Å². The molecule has 1 rings (SSSR count). The summed E-state index contributed by atoms with van der Waals surface area (Å²) >= 11 is 1.51. The van der Waals surface area contributed by atoms with Gasteiger partial charge in [-0.3, -0.25) is 0 Å². The molecule has 5 heteroatoms. The fourth-order valence-electron chi connectivity index (χ4n) is 1.46. The van der Waals surface area contributed by atoms with E-state index < -0.39 is 0 Å². The van der Waals surface area contributed by atoms with Gasteiger partial charge in [-0.15, -0.1) is 0 Å². The Balaban J connectivity index is 2.55. The van der Waals surface area contributed by atoms with Crippen molar-refractivity contribution in [1.82, 2.24) is 9.97 Å². The summed E-state index contributed by atoms with van der Waals surface area (Å²) in [5, 5.41) is 10.2. The van der Waals surface area contributed by atoms with Crippen molar-refractivity contribution >= 4 is 11.8 Å². The van der Waals surface area contributed by atoms with Gasteiger partial charge in [0.25, 0.3) is 0 Å². The summed E-state index contributed by atoms with van der Waals surface area (Å²) < 4.78 is 0. The van der Waals surface area contributed by atoms with Gasteiger partial charge in [0.15, 0.2) is 0 Å². The number of rotatable bonds is 6. The van der Waals surface area contributed by atoms with E-state index in [0.29, 0.717) is 5.92 Å². The molecule has 0 spiro atoms. The van der Waals surface area contributed by atoms with Crippen LogP contribution in [0.4, 0.5) is 0 Å². The summed E-state index contributed by atoms with van der Waals surface area (Å²) in [6.45, 7) is 4.33. The molecule has 1 heterocycles. The van der Waals surface area contributed by atoms with E-state index in [1.807, 2.05) is 6.07 Å². The maximum atomic E-state index is 9.33. The van der Waals surface area contributed by atoms with Gasteiger partial charge in [-0.25, -0.2) is 9.97 Å². The normalized spacial score (nSPS) is 15.1. The Morgan fingerprint density at radius 2 is 2.25 bits per heavy atom. The van der Waals surface area contributed by atoms with Crippen molar-refractivity contribution in [2.24, 2.45) is 11.7 Å². The third kappa shape index (κ3) is 4.47. The van der Waals surface area contributed by atoms with Gasteiger partial charge in [0.1, 0.15) is 6.33 Å². The number of hydrogen-bond acceptors (Lipinski definition) is 5. The molecule has 0 aromatic carbocycles. The lowest BCUT2D eigenvalue weighted by atomic mass is 10.0. The van der Waals surface area contributed by atoms with Gasteiger partial charge in [0, 0.05) is 17.5 Å². The molecule has 4 nitrogen and oxygen atoms in total. The molecule has 0 radical (unpaired) electrons. The first kappa shape index (κ1) is 13.4. The van der Waals surface area contributed by atoms with Gasteiger partial charge in [0.2, 0.25) is 0 Å². The maximum absolute atomic E-state index is 9.33. The zero-order valence-corrected chi connectivity index (χ0v) is 10.5. The standard InChI is InChI=1S/C11H19N3OS/c1-8(2)5-9(12)10(6-15)16-11-3-4-13-7-14-11/h3-4,7-10,15H,5-6,12H2,1-2H3. The summed E-state index contributed by atoms with van der Waals surface area (Å²) in [6, 6.07) is 1.82. The molecule has 0 saturated heterocycles. The van der Waals surface area contributed by atoms with Crippen LogP contribution in [-0.4, -0.2) is 33.0 Å². The molecule has 2 atom stereocenters. The molecule has 0 amide bonds. The van der Waals surface area contributed by atoms with Crippen molar-refractivity contribution in [2.45, 2.75) is 36.6 Å². The molecule has 0 aliphatic rings. The zero-order chi connectivity index (χ0) is 12.0. The minimum Gasteiger partial charge on any atom is -0.395 e. The Kier molecular flexibility index (Phi) is 5.73. The first-order chi connectivity index (χ1) is 7.63. The maximum Gasteiger partial charge on any atom is 0.116 e. The first-order valence-corrected chi connectivity index (χ1v) is 6.30. The largest absolute Gasteiger partial charge is 0.395 e. The molecular formula is C11H19N3OS. The average Bonchev–Trinajstić information content (AvgIpc) is 2.26. The van der Waals surface area contributed by atoms with Crippen molar-refractivity contribution in [3.8, 4) is 0 Å². The average molecular weight is 241 g/mol. The Morgan fingerprint density at radius 3 is 2.75 bits per heavy atom. The lowest BCUT2D eigenvalue weighted by Gasteiger charge is -2.22. The summed E-state index contributed by atoms with van der Waals surface area (Å²) in [5.74, 6) is 0.537. The van der Waals surface area contributed by atoms with Crippen LogP contribution in [0.2, 0.25) is 0 Å². The summed E-state index contributed by atoms with van der Waals surface area (Å²) in [4.78, 5) is 7.97. The van der Waals surface area contributed by atoms with Crippen LogP contribution in [0.3, 0.4) is 0 Å². The van der Waals surface area contributed by atoms with Crippen molar-refractivity contribution < 1.29 is 5.11 Å². The molecule has 16 heavy (non-hydrogen) atoms. The topological polar surface area (TPSA) is 72.0 Å². The second-order valence-corrected chi connectivity index (χ2v) is 5.44. The number of nitrogens with zero attached hydrogens (tertiary/aromatic N) is 2. The van der Waals surface area contributed by atoms with E-state index in [4.69, 9.17) is 5.73 Å². The molecule has 0 aliphatic heterocycles. The molecule has 2 unspecified atom stereocenters. The quantitative estimate of drug-likeness (QED) is 0.580. The Hall–Kier alpha value is -0.650. The van der Waals surface area contributed by atoms with Crippen LogP contribution in [0.15, 0.2) is 23.6 Å². The van der Waals surface area contributed by atoms with Gasteiger partial charge in [0.05, 0.1) is 11.6 Å². The van der Waals surface area contributed by atoms with Crippen LogP contribution >= 0.6 is 11.8 Å². The predicted octanol–water partition coefficient (Wildman–Crippen LogP) is 1.30. The fraction of sp³-hybridized carbons (Fsp3) is 0.636. The van der Waals surface area contributed by atoms with Crippen LogP contribution in [0, 0.1) is 5.92 Å². The predicted molar refractivity (Wildman–Crippen MR) is 66.2 cm³/mol. The molecule has 1 aromatic rings. The van der Waals surface area contributed by atoms with Crippen molar-refractivity contribution in [2.75, 3.05) is 6.61 Å². The molecule has 1 aromatic heterocycles. The highest BCUT2D eigenvalue weighted by atomic mass is 32.2. The van der Waals surface area contributed by atoms with Gasteiger partial charge < -0.3 is 10.8 Å². The third-order valence-electron chi connectivity index (χ3n) is 2.23. The lowest BCUT2D eigenvalue weighted by Crippen LogP contribution is -2.36. The molecule has 90 valence electrons. The fourth-order valence-corrected chi connectivity index (χ4v) is 2.38. The zero-order valence-electron chi connectivity index (χ0n) is 9.71. The van der Waals surface area contributed by atoms with Gasteiger partial charge in [-0.1, -0.05) is 25.6 Å². The summed E-state index contributed by atoms with van der Waals surface area (Å²) in [5.41, 5.74) is 6.05. The highest BCUT2D eigenvalue weighted by molar-refractivity contribution is 7.99. The van der Waals surface area contributed by atoms with E-state index >= 15 is 0 Å². The van der Waals surface area contributed by atoms with Crippen molar-refractivity contribution in [3.63, 3.8) is 0 Å². The van der Waals surface area contributed by atoms with Crippen LogP contribution in [-0.2, 0) is 0 Å². The lowest BCUT2D eigenvalue weighted by molar-refractivity contribution is 0.275. The number of aliphatic hydroxyl groups excluding tert-OH is 1. The van der Waals surface area contributed by atoms with Crippen LogP contribution in [0.1, 0.15) is 20.3 Å². The van der Waals surface area contributed by atoms with E-state index in [-0.39, 0.29) is 17.9 Å². The van der Waals surface area contributed by atoms with E-state index in [1.54, 1.807) is 6.20 Å². The van der Waals surface area contributed by atoms with Crippen LogP contribution in [0.25, 0.3) is 0 Å². The molecule has 3 N–H and O–H groups in total. The van der Waals surface area contributed by atoms with Crippen molar-refractivity contribution in [3.05, 3.63) is 18.6 Å². The molecule has 0 saturated carbocycles. The monoisotopic (exact) mass is 241 g/mol. The Morgan fingerprint density at radius 1 is 1.50 bits per heavy atom. The highest BCUT2D eigenvalue weighted by Gasteiger charge is 2.19. The number of nitrogens with two attached hydrogens (primary N) is 1. The number of aliphatic hydroxyl groups is 1. The van der Waals surface area contributed by atoms with E-state index in [2.05, 4.69) is 23.8 Å². The van der Waals surface area contributed by atoms with Gasteiger partial charge in [-0.2, -0.15) is 0 Å². The Labute approximate surface area is 101 Å². The summed E-state index contributed by atoms with van der Waals surface area (Å²) in [6.07, 6.45) is 4.10. The molecule has 0 bridgehead atoms. The van der Waals surface area contributed by atoms with Gasteiger partial charge >= 0.3 is 0 Å². The van der Waals surface area contributed by atoms with E-state index in [1.165, 1.54) is 18.1 Å². The summed E-state index contributed by atoms with van der Waals surface area (Å²) in [7, 11) is 0. The number of aromatic nitrogens is 2. The second-order valence-electron chi connectivity index (χ2n) is 4.18. The molecule has 0 aliphatic carbocycles. The third-order valence-corrected chi connectivity index (χ3v) is 3.51. The molecule has 0 fully saturated rings. The van der Waals surface area contributed by atoms with E-state index in [9.17, 15) is 5.11 Å². The smallest absolute Gasteiger partial charge is 0.116 e. The molecular weight excluding hydrogens is 222 g/mol.